The quantitative estimate of drug-likeness (QED) is 0.823. The van der Waals surface area contributed by atoms with E-state index in [4.69, 9.17) is 26.8 Å². The summed E-state index contributed by atoms with van der Waals surface area (Å²) in [6, 6.07) is 5.85. The molecule has 1 heterocycles. The molecule has 1 aromatic carbocycles. The smallest absolute Gasteiger partial charge is 0.410 e. The molecule has 1 saturated heterocycles. The van der Waals surface area contributed by atoms with E-state index in [9.17, 15) is 4.79 Å². The fraction of sp³-hybridized carbons (Fsp3) is 0.650. The second kappa shape index (κ2) is 9.07. The van der Waals surface area contributed by atoms with E-state index in [1.807, 2.05) is 39.0 Å². The summed E-state index contributed by atoms with van der Waals surface area (Å²) in [6.45, 7) is 9.95. The Bertz CT molecular complexity index is 616. The lowest BCUT2D eigenvalue weighted by atomic mass is 9.86. The molecule has 1 fully saturated rings. The molecule has 0 spiro atoms. The number of carbonyl (C=O) groups is 1. The first kappa shape index (κ1) is 21.0. The molecule has 2 rings (SSSR count). The van der Waals surface area contributed by atoms with Crippen LogP contribution in [-0.4, -0.2) is 42.8 Å². The highest BCUT2D eigenvalue weighted by Gasteiger charge is 2.33. The van der Waals surface area contributed by atoms with Crippen LogP contribution in [0.3, 0.4) is 0 Å². The molecule has 2 unspecified atom stereocenters. The van der Waals surface area contributed by atoms with Crippen molar-refractivity contribution in [3.05, 3.63) is 34.3 Å². The number of nitrogens with two attached hydrogens (primary N) is 1. The maximum absolute atomic E-state index is 12.5. The number of amides is 1. The molecule has 1 aliphatic heterocycles. The van der Waals surface area contributed by atoms with Crippen LogP contribution in [-0.2, 0) is 9.47 Å². The van der Waals surface area contributed by atoms with Crippen LogP contribution in [0.2, 0.25) is 5.02 Å². The number of halogens is 1. The summed E-state index contributed by atoms with van der Waals surface area (Å²) in [7, 11) is 0. The molecule has 6 heteroatoms. The Morgan fingerprint density at radius 2 is 2.15 bits per heavy atom. The maximum atomic E-state index is 12.5. The highest BCUT2D eigenvalue weighted by Crippen LogP contribution is 2.36. The van der Waals surface area contributed by atoms with Crippen LogP contribution in [0.1, 0.15) is 50.8 Å². The normalized spacial score (nSPS) is 19.3. The van der Waals surface area contributed by atoms with Gasteiger partial charge < -0.3 is 20.1 Å². The third-order valence-electron chi connectivity index (χ3n) is 4.50. The van der Waals surface area contributed by atoms with Gasteiger partial charge >= 0.3 is 6.09 Å². The van der Waals surface area contributed by atoms with E-state index in [1.54, 1.807) is 4.90 Å². The van der Waals surface area contributed by atoms with Gasteiger partial charge in [0.25, 0.3) is 0 Å². The topological polar surface area (TPSA) is 64.8 Å². The van der Waals surface area contributed by atoms with Crippen molar-refractivity contribution in [3.8, 4) is 0 Å². The minimum Gasteiger partial charge on any atom is -0.444 e. The monoisotopic (exact) mass is 382 g/mol. The average molecular weight is 383 g/mol. The van der Waals surface area contributed by atoms with Gasteiger partial charge in [-0.05, 0) is 63.8 Å². The Morgan fingerprint density at radius 1 is 1.42 bits per heavy atom. The zero-order valence-corrected chi connectivity index (χ0v) is 17.0. The number of hydrogen-bond donors (Lipinski definition) is 1. The molecule has 2 atom stereocenters. The van der Waals surface area contributed by atoms with Gasteiger partial charge in [-0.15, -0.1) is 0 Å². The van der Waals surface area contributed by atoms with Crippen LogP contribution in [0.5, 0.6) is 0 Å². The molecule has 0 bridgehead atoms. The summed E-state index contributed by atoms with van der Waals surface area (Å²) < 4.78 is 11.7. The number of likely N-dealkylation sites (tertiary alicyclic amines) is 1. The van der Waals surface area contributed by atoms with Crippen LogP contribution >= 0.6 is 11.6 Å². The molecule has 0 saturated carbocycles. The fourth-order valence-corrected chi connectivity index (χ4v) is 3.52. The first-order valence-electron chi connectivity index (χ1n) is 9.27. The van der Waals surface area contributed by atoms with Crippen molar-refractivity contribution in [3.63, 3.8) is 0 Å². The van der Waals surface area contributed by atoms with Gasteiger partial charge in [0.05, 0.1) is 12.7 Å². The van der Waals surface area contributed by atoms with Gasteiger partial charge in [-0.25, -0.2) is 4.79 Å². The van der Waals surface area contributed by atoms with Gasteiger partial charge in [0.15, 0.2) is 0 Å². The zero-order chi connectivity index (χ0) is 19.3. The minimum absolute atomic E-state index is 0.137. The van der Waals surface area contributed by atoms with E-state index in [2.05, 4.69) is 6.92 Å². The average Bonchev–Trinajstić information content (AvgIpc) is 2.57. The number of nitrogens with zero attached hydrogens (tertiary/aromatic N) is 1. The van der Waals surface area contributed by atoms with E-state index in [0.717, 1.165) is 24.0 Å². The third kappa shape index (κ3) is 5.86. The fourth-order valence-electron chi connectivity index (χ4n) is 3.34. The molecular weight excluding hydrogens is 352 g/mol. The lowest BCUT2D eigenvalue weighted by Gasteiger charge is -2.38. The summed E-state index contributed by atoms with van der Waals surface area (Å²) in [5, 5.41) is 0.687. The van der Waals surface area contributed by atoms with Crippen molar-refractivity contribution < 1.29 is 14.3 Å². The number of benzene rings is 1. The Kier molecular flexibility index (Phi) is 7.33. The molecule has 0 aliphatic carbocycles. The van der Waals surface area contributed by atoms with Crippen LogP contribution in [0.4, 0.5) is 4.79 Å². The Hall–Kier alpha value is -1.30. The van der Waals surface area contributed by atoms with Gasteiger partial charge in [0.1, 0.15) is 5.60 Å². The zero-order valence-electron chi connectivity index (χ0n) is 16.3. The SMILES string of the molecule is Cc1ccc(Cl)cc1C(OCCN)C1CCCN(C(=O)OC(C)(C)C)C1. The van der Waals surface area contributed by atoms with Gasteiger partial charge in [0.2, 0.25) is 0 Å². The van der Waals surface area contributed by atoms with Crippen LogP contribution in [0.25, 0.3) is 0 Å². The minimum atomic E-state index is -0.497. The molecule has 1 aliphatic rings. The number of aryl methyl sites for hydroxylation is 1. The van der Waals surface area contributed by atoms with Crippen molar-refractivity contribution in [2.75, 3.05) is 26.2 Å². The first-order valence-corrected chi connectivity index (χ1v) is 9.64. The van der Waals surface area contributed by atoms with Gasteiger partial charge in [-0.1, -0.05) is 17.7 Å². The van der Waals surface area contributed by atoms with Crippen LogP contribution in [0, 0.1) is 12.8 Å². The van der Waals surface area contributed by atoms with Crippen molar-refractivity contribution in [1.82, 2.24) is 4.90 Å². The molecule has 26 heavy (non-hydrogen) atoms. The lowest BCUT2D eigenvalue weighted by molar-refractivity contribution is -0.0235. The Labute approximate surface area is 161 Å². The van der Waals surface area contributed by atoms with Crippen LogP contribution < -0.4 is 5.73 Å². The van der Waals surface area contributed by atoms with Crippen molar-refractivity contribution in [2.45, 2.75) is 52.2 Å². The largest absolute Gasteiger partial charge is 0.444 e. The van der Waals surface area contributed by atoms with E-state index < -0.39 is 5.60 Å². The van der Waals surface area contributed by atoms with Gasteiger partial charge in [-0.2, -0.15) is 0 Å². The number of piperidine rings is 1. The van der Waals surface area contributed by atoms with E-state index >= 15 is 0 Å². The number of rotatable bonds is 5. The Morgan fingerprint density at radius 3 is 2.81 bits per heavy atom. The van der Waals surface area contributed by atoms with Crippen molar-refractivity contribution in [1.29, 1.82) is 0 Å². The number of hydrogen-bond acceptors (Lipinski definition) is 4. The second-order valence-corrected chi connectivity index (χ2v) is 8.35. The first-order chi connectivity index (χ1) is 12.2. The van der Waals surface area contributed by atoms with E-state index in [1.165, 1.54) is 0 Å². The highest BCUT2D eigenvalue weighted by atomic mass is 35.5. The summed E-state index contributed by atoms with van der Waals surface area (Å²) in [4.78, 5) is 14.3. The number of ether oxygens (including phenoxy) is 2. The van der Waals surface area contributed by atoms with E-state index in [-0.39, 0.29) is 18.1 Å². The molecule has 146 valence electrons. The molecule has 0 radical (unpaired) electrons. The summed E-state index contributed by atoms with van der Waals surface area (Å²) in [5.74, 6) is 0.181. The molecular formula is C20H31ClN2O3. The Balaban J connectivity index is 2.19. The third-order valence-corrected chi connectivity index (χ3v) is 4.74. The standard InChI is InChI=1S/C20H31ClN2O3/c1-14-7-8-16(21)12-17(14)18(25-11-9-22)15-6-5-10-23(13-15)19(24)26-20(2,3)4/h7-8,12,15,18H,5-6,9-11,13,22H2,1-4H3. The van der Waals surface area contributed by atoms with Crippen molar-refractivity contribution >= 4 is 17.7 Å². The number of carbonyl (C=O) groups excluding carboxylic acids is 1. The summed E-state index contributed by atoms with van der Waals surface area (Å²) >= 11 is 6.22. The summed E-state index contributed by atoms with van der Waals surface area (Å²) in [6.07, 6.45) is 1.51. The predicted molar refractivity (Wildman–Crippen MR) is 104 cm³/mol. The highest BCUT2D eigenvalue weighted by molar-refractivity contribution is 6.30. The molecule has 0 aromatic heterocycles. The van der Waals surface area contributed by atoms with Crippen LogP contribution in [0.15, 0.2) is 18.2 Å². The van der Waals surface area contributed by atoms with Gasteiger partial charge in [0, 0.05) is 30.6 Å². The second-order valence-electron chi connectivity index (χ2n) is 7.91. The molecule has 5 nitrogen and oxygen atoms in total. The molecule has 1 aromatic rings. The predicted octanol–water partition coefficient (Wildman–Crippen LogP) is 4.31. The van der Waals surface area contributed by atoms with E-state index in [0.29, 0.717) is 31.3 Å². The van der Waals surface area contributed by atoms with Gasteiger partial charge in [-0.3, -0.25) is 0 Å². The molecule has 1 amide bonds. The summed E-state index contributed by atoms with van der Waals surface area (Å²) in [5.41, 5.74) is 7.37. The lowest BCUT2D eigenvalue weighted by Crippen LogP contribution is -2.44. The maximum Gasteiger partial charge on any atom is 0.410 e. The van der Waals surface area contributed by atoms with Crippen molar-refractivity contribution in [2.24, 2.45) is 11.7 Å². The molecule has 2 N–H and O–H groups in total.